The van der Waals surface area contributed by atoms with Crippen LogP contribution in [0.5, 0.6) is 11.5 Å². The number of carbonyl (C=O) groups is 2. The van der Waals surface area contributed by atoms with Gasteiger partial charge in [0.05, 0.1) is 52.0 Å². The van der Waals surface area contributed by atoms with Gasteiger partial charge in [0, 0.05) is 5.92 Å². The number of benzene rings is 2. The van der Waals surface area contributed by atoms with Crippen LogP contribution in [0, 0.1) is 21.3 Å². The van der Waals surface area contributed by atoms with E-state index in [1.807, 2.05) is 48.6 Å². The number of aromatic hydroxyl groups is 1. The summed E-state index contributed by atoms with van der Waals surface area (Å²) in [4.78, 5) is 27.6. The van der Waals surface area contributed by atoms with Gasteiger partial charge in [0.15, 0.2) is 11.5 Å². The Balaban J connectivity index is 1.38. The predicted octanol–water partition coefficient (Wildman–Crippen LogP) is 8.16. The van der Waals surface area contributed by atoms with Gasteiger partial charge in [0.2, 0.25) is 11.8 Å². The summed E-state index contributed by atoms with van der Waals surface area (Å²) in [7, 11) is 1.47. The van der Waals surface area contributed by atoms with Gasteiger partial charge in [-0.3, -0.25) is 9.59 Å². The summed E-state index contributed by atoms with van der Waals surface area (Å²) in [5.41, 5.74) is -0.271. The van der Waals surface area contributed by atoms with Crippen LogP contribution < -0.4 is 9.64 Å². The van der Waals surface area contributed by atoms with Gasteiger partial charge in [0.1, 0.15) is 0 Å². The first-order valence-electron chi connectivity index (χ1n) is 14.3. The van der Waals surface area contributed by atoms with Crippen molar-refractivity contribution in [3.8, 4) is 11.5 Å². The predicted molar refractivity (Wildman–Crippen MR) is 161 cm³/mol. The molecule has 2 amide bonds. The third-order valence-corrected chi connectivity index (χ3v) is 9.63. The number of anilines is 1. The molecule has 2 aromatic rings. The molecule has 2 aliphatic heterocycles. The second-order valence-electron chi connectivity index (χ2n) is 11.5. The Hall–Kier alpha value is -3.07. The lowest BCUT2D eigenvalue weighted by Gasteiger charge is -2.30. The summed E-state index contributed by atoms with van der Waals surface area (Å²) in [5, 5.41) is 10.2. The highest BCUT2D eigenvalue weighted by atomic mass is 127. The van der Waals surface area contributed by atoms with Crippen LogP contribution in [0.2, 0.25) is 0 Å². The molecular formula is C32H30F6INO5. The number of methoxy groups -OCH3 is 1. The van der Waals surface area contributed by atoms with Crippen molar-refractivity contribution in [1.82, 2.24) is 0 Å². The Bertz CT molecular complexity index is 1570. The van der Waals surface area contributed by atoms with Crippen molar-refractivity contribution in [2.45, 2.75) is 58.0 Å². The Morgan fingerprint density at radius 2 is 1.69 bits per heavy atom. The van der Waals surface area contributed by atoms with Gasteiger partial charge >= 0.3 is 12.4 Å². The average Bonchev–Trinajstić information content (AvgIpc) is 3.50. The molecule has 242 valence electrons. The molecule has 2 fully saturated rings. The van der Waals surface area contributed by atoms with E-state index in [0.29, 0.717) is 39.2 Å². The zero-order valence-corrected chi connectivity index (χ0v) is 26.6. The van der Waals surface area contributed by atoms with Crippen molar-refractivity contribution in [1.29, 1.82) is 0 Å². The van der Waals surface area contributed by atoms with Crippen LogP contribution >= 0.6 is 22.6 Å². The largest absolute Gasteiger partial charge is 0.504 e. The summed E-state index contributed by atoms with van der Waals surface area (Å²) in [5.74, 6) is -3.58. The van der Waals surface area contributed by atoms with Crippen LogP contribution in [0.4, 0.5) is 32.0 Å². The molecule has 4 atom stereocenters. The molecule has 0 unspecified atom stereocenters. The van der Waals surface area contributed by atoms with Gasteiger partial charge < -0.3 is 14.6 Å². The fourth-order valence-corrected chi connectivity index (χ4v) is 7.31. The second kappa shape index (κ2) is 12.3. The van der Waals surface area contributed by atoms with E-state index >= 15 is 0 Å². The van der Waals surface area contributed by atoms with Crippen molar-refractivity contribution < 1.29 is 50.5 Å². The number of rotatable bonds is 7. The standard InChI is InChI=1S/C32H30F6INO5/c1-4-16(8-17-9-23(39)28(41)25(10-17)44-3)5-6-24-26-15(2)7-21-27(22(26)14-45-24)30(43)40(29(21)42)20-12-18(31(33,34)35)11-19(13-20)32(36,37)38/h8-13,21-22,24,27,41H,4-7,14H2,1-3H3/b16-8+/t21-,22+,24-,27-/m1/s1. The molecule has 6 nitrogen and oxygen atoms in total. The first kappa shape index (κ1) is 33.3. The van der Waals surface area contributed by atoms with E-state index < -0.39 is 58.7 Å². The maximum atomic E-state index is 13.7. The minimum Gasteiger partial charge on any atom is -0.504 e. The maximum Gasteiger partial charge on any atom is 0.416 e. The Labute approximate surface area is 269 Å². The number of imide groups is 1. The molecule has 1 aliphatic carbocycles. The zero-order valence-electron chi connectivity index (χ0n) is 24.5. The molecule has 5 rings (SSSR count). The molecule has 1 N–H and O–H groups in total. The molecule has 2 saturated heterocycles. The lowest BCUT2D eigenvalue weighted by Crippen LogP contribution is -2.34. The average molecular weight is 749 g/mol. The minimum atomic E-state index is -5.12. The third kappa shape index (κ3) is 6.34. The number of hydrogen-bond donors (Lipinski definition) is 1. The van der Waals surface area contributed by atoms with Crippen LogP contribution in [0.1, 0.15) is 56.2 Å². The maximum absolute atomic E-state index is 13.7. The van der Waals surface area contributed by atoms with Crippen molar-refractivity contribution in [2.24, 2.45) is 17.8 Å². The first-order chi connectivity index (χ1) is 21.0. The highest BCUT2D eigenvalue weighted by molar-refractivity contribution is 14.1. The van der Waals surface area contributed by atoms with Crippen LogP contribution in [-0.4, -0.2) is 36.7 Å². The van der Waals surface area contributed by atoms with E-state index in [-0.39, 0.29) is 30.9 Å². The smallest absolute Gasteiger partial charge is 0.416 e. The number of phenols is 1. The lowest BCUT2D eigenvalue weighted by atomic mass is 9.70. The third-order valence-electron chi connectivity index (χ3n) is 8.81. The van der Waals surface area contributed by atoms with Gasteiger partial charge in [-0.15, -0.1) is 0 Å². The van der Waals surface area contributed by atoms with Crippen LogP contribution in [0.25, 0.3) is 6.08 Å². The highest BCUT2D eigenvalue weighted by Crippen LogP contribution is 2.51. The molecular weight excluding hydrogens is 719 g/mol. The van der Waals surface area contributed by atoms with Crippen LogP contribution in [0.15, 0.2) is 47.1 Å². The Morgan fingerprint density at radius 3 is 2.27 bits per heavy atom. The summed E-state index contributed by atoms with van der Waals surface area (Å²) in [6.45, 7) is 3.95. The van der Waals surface area contributed by atoms with Gasteiger partial charge in [-0.2, -0.15) is 26.3 Å². The van der Waals surface area contributed by atoms with Gasteiger partial charge in [-0.05, 0) is 96.7 Å². The summed E-state index contributed by atoms with van der Waals surface area (Å²) in [6.07, 6.45) is -6.49. The summed E-state index contributed by atoms with van der Waals surface area (Å²) in [6, 6.07) is 4.38. The highest BCUT2D eigenvalue weighted by Gasteiger charge is 2.57. The molecule has 3 aliphatic rings. The second-order valence-corrected chi connectivity index (χ2v) is 12.7. The van der Waals surface area contributed by atoms with Crippen molar-refractivity contribution in [3.05, 3.63) is 67.3 Å². The van der Waals surface area contributed by atoms with E-state index in [9.17, 15) is 41.0 Å². The van der Waals surface area contributed by atoms with Crippen LogP contribution in [-0.2, 0) is 26.7 Å². The fraction of sp³-hybridized carbons (Fsp3) is 0.438. The van der Waals surface area contributed by atoms with E-state index in [4.69, 9.17) is 9.47 Å². The van der Waals surface area contributed by atoms with Gasteiger partial charge in [0.25, 0.3) is 0 Å². The molecule has 0 radical (unpaired) electrons. The summed E-state index contributed by atoms with van der Waals surface area (Å²) >= 11 is 2.02. The topological polar surface area (TPSA) is 76.1 Å². The van der Waals surface area contributed by atoms with Crippen molar-refractivity contribution in [2.75, 3.05) is 18.6 Å². The Morgan fingerprint density at radius 1 is 1.04 bits per heavy atom. The molecule has 45 heavy (non-hydrogen) atoms. The number of nitrogens with zero attached hydrogens (tertiary/aromatic N) is 1. The van der Waals surface area contributed by atoms with Gasteiger partial charge in [-0.1, -0.05) is 24.1 Å². The Kier molecular flexibility index (Phi) is 9.08. The van der Waals surface area contributed by atoms with Crippen molar-refractivity contribution in [3.63, 3.8) is 0 Å². The fourth-order valence-electron chi connectivity index (χ4n) is 6.69. The molecule has 0 bridgehead atoms. The first-order valence-corrected chi connectivity index (χ1v) is 15.4. The molecule has 2 aromatic carbocycles. The number of amides is 2. The normalized spacial score (nSPS) is 24.0. The minimum absolute atomic E-state index is 0.0290. The molecule has 0 saturated carbocycles. The molecule has 0 aromatic heterocycles. The molecule has 13 heteroatoms. The van der Waals surface area contributed by atoms with Gasteiger partial charge in [-0.25, -0.2) is 4.90 Å². The summed E-state index contributed by atoms with van der Waals surface area (Å²) < 4.78 is 93.2. The SMILES string of the molecule is CC/C(=C\c1cc(I)c(O)c(OC)c1)CC[C@H]1OC[C@H]2C1=C(C)C[C@H]1C(=O)N(c3cc(C(F)(F)F)cc(C(F)(F)F)c3)C(=O)[C@H]12. The quantitative estimate of drug-likeness (QED) is 0.134. The van der Waals surface area contributed by atoms with Crippen LogP contribution in [0.3, 0.4) is 0 Å². The monoisotopic (exact) mass is 749 g/mol. The number of allylic oxidation sites excluding steroid dienone is 2. The molecule has 0 spiro atoms. The number of halogens is 7. The molecule has 2 heterocycles. The van der Waals surface area contributed by atoms with E-state index in [2.05, 4.69) is 0 Å². The number of hydrogen-bond acceptors (Lipinski definition) is 5. The van der Waals surface area contributed by atoms with E-state index in [1.165, 1.54) is 7.11 Å². The number of ether oxygens (including phenoxy) is 2. The zero-order chi connectivity index (χ0) is 33.0. The number of carbonyl (C=O) groups excluding carboxylic acids is 2. The lowest BCUT2D eigenvalue weighted by molar-refractivity contribution is -0.143. The number of phenolic OH excluding ortho intramolecular Hbond substituents is 1. The van der Waals surface area contributed by atoms with E-state index in [0.717, 1.165) is 28.7 Å². The van der Waals surface area contributed by atoms with E-state index in [1.54, 1.807) is 6.07 Å². The van der Waals surface area contributed by atoms with Crippen molar-refractivity contribution >= 4 is 46.2 Å². The number of alkyl halides is 6. The number of fused-ring (bicyclic) bond motifs is 3.